The van der Waals surface area contributed by atoms with E-state index in [1.54, 1.807) is 14.2 Å². The number of para-hydroxylation sites is 1. The Kier molecular flexibility index (Phi) is 10.1. The van der Waals surface area contributed by atoms with Crippen LogP contribution in [0.3, 0.4) is 0 Å². The molecule has 1 saturated heterocycles. The molecule has 2 N–H and O–H groups in total. The third-order valence-electron chi connectivity index (χ3n) is 5.37. The molecule has 1 aliphatic rings. The lowest BCUT2D eigenvalue weighted by Gasteiger charge is -2.20. The van der Waals surface area contributed by atoms with Gasteiger partial charge in [-0.15, -0.1) is 24.0 Å². The third kappa shape index (κ3) is 6.68. The molecule has 0 amide bonds. The van der Waals surface area contributed by atoms with Gasteiger partial charge in [-0.05, 0) is 42.5 Å². The summed E-state index contributed by atoms with van der Waals surface area (Å²) in [7, 11) is 5.24. The SMILES string of the molecule is CN=C(NCCc1ccccc1OC)NCC1CCN(c2cccc(OC)c2)C1.I. The Morgan fingerprint density at radius 2 is 1.93 bits per heavy atom. The molecule has 1 unspecified atom stereocenters. The number of anilines is 1. The van der Waals surface area contributed by atoms with Crippen molar-refractivity contribution in [3.05, 3.63) is 54.1 Å². The first-order valence-corrected chi connectivity index (χ1v) is 10.2. The molecule has 30 heavy (non-hydrogen) atoms. The maximum atomic E-state index is 5.42. The minimum Gasteiger partial charge on any atom is -0.497 e. The standard InChI is InChI=1S/C23H32N4O2.HI/c1-24-23(25-13-11-19-7-4-5-10-22(19)29-3)26-16-18-12-14-27(17-18)20-8-6-9-21(15-20)28-2;/h4-10,15,18H,11-14,16-17H2,1-3H3,(H2,24,25,26);1H. The van der Waals surface area contributed by atoms with E-state index in [0.717, 1.165) is 50.1 Å². The molecule has 3 rings (SSSR count). The van der Waals surface area contributed by atoms with Gasteiger partial charge in [0.25, 0.3) is 0 Å². The highest BCUT2D eigenvalue weighted by molar-refractivity contribution is 14.0. The fraction of sp³-hybridized carbons (Fsp3) is 0.435. The molecule has 0 aromatic heterocycles. The molecule has 1 aliphatic heterocycles. The van der Waals surface area contributed by atoms with E-state index >= 15 is 0 Å². The first-order valence-electron chi connectivity index (χ1n) is 10.2. The number of hydrogen-bond acceptors (Lipinski definition) is 4. The summed E-state index contributed by atoms with van der Waals surface area (Å²) in [6, 6.07) is 16.4. The number of halogens is 1. The molecule has 2 aromatic carbocycles. The molecule has 7 heteroatoms. The van der Waals surface area contributed by atoms with Crippen LogP contribution in [0.2, 0.25) is 0 Å². The average Bonchev–Trinajstić information content (AvgIpc) is 3.25. The Labute approximate surface area is 197 Å². The zero-order valence-electron chi connectivity index (χ0n) is 18.1. The van der Waals surface area contributed by atoms with E-state index < -0.39 is 0 Å². The molecule has 1 atom stereocenters. The first kappa shape index (κ1) is 24.1. The summed E-state index contributed by atoms with van der Waals surface area (Å²) in [5.41, 5.74) is 2.42. The second-order valence-electron chi connectivity index (χ2n) is 7.24. The van der Waals surface area contributed by atoms with Crippen LogP contribution in [0.4, 0.5) is 5.69 Å². The lowest BCUT2D eigenvalue weighted by Crippen LogP contribution is -2.41. The van der Waals surface area contributed by atoms with Crippen LogP contribution >= 0.6 is 24.0 Å². The highest BCUT2D eigenvalue weighted by Gasteiger charge is 2.23. The van der Waals surface area contributed by atoms with Crippen molar-refractivity contribution in [3.8, 4) is 11.5 Å². The molecule has 2 aromatic rings. The van der Waals surface area contributed by atoms with E-state index in [4.69, 9.17) is 9.47 Å². The first-order chi connectivity index (χ1) is 14.2. The topological polar surface area (TPSA) is 58.1 Å². The fourth-order valence-corrected chi connectivity index (χ4v) is 3.73. The van der Waals surface area contributed by atoms with Gasteiger partial charge in [0.05, 0.1) is 14.2 Å². The highest BCUT2D eigenvalue weighted by Crippen LogP contribution is 2.26. The van der Waals surface area contributed by atoms with Crippen LogP contribution < -0.4 is 25.0 Å². The molecular formula is C23H33IN4O2. The largest absolute Gasteiger partial charge is 0.497 e. The van der Waals surface area contributed by atoms with Crippen molar-refractivity contribution in [2.45, 2.75) is 12.8 Å². The number of nitrogens with zero attached hydrogens (tertiary/aromatic N) is 2. The summed E-state index contributed by atoms with van der Waals surface area (Å²) in [5, 5.41) is 6.88. The highest BCUT2D eigenvalue weighted by atomic mass is 127. The number of rotatable bonds is 8. The summed E-state index contributed by atoms with van der Waals surface area (Å²) in [6.07, 6.45) is 2.06. The number of nitrogens with one attached hydrogen (secondary N) is 2. The average molecular weight is 524 g/mol. The molecule has 0 radical (unpaired) electrons. The zero-order chi connectivity index (χ0) is 20.5. The normalized spacial score (nSPS) is 16.0. The summed E-state index contributed by atoms with van der Waals surface area (Å²) in [6.45, 7) is 3.83. The third-order valence-corrected chi connectivity index (χ3v) is 5.37. The van der Waals surface area contributed by atoms with Crippen molar-refractivity contribution in [1.29, 1.82) is 0 Å². The van der Waals surface area contributed by atoms with E-state index in [9.17, 15) is 0 Å². The second-order valence-corrected chi connectivity index (χ2v) is 7.24. The Morgan fingerprint density at radius 3 is 2.70 bits per heavy atom. The number of benzene rings is 2. The van der Waals surface area contributed by atoms with Crippen molar-refractivity contribution < 1.29 is 9.47 Å². The van der Waals surface area contributed by atoms with Gasteiger partial charge in [-0.2, -0.15) is 0 Å². The summed E-state index contributed by atoms with van der Waals surface area (Å²) in [5.74, 6) is 3.28. The van der Waals surface area contributed by atoms with E-state index in [-0.39, 0.29) is 24.0 Å². The van der Waals surface area contributed by atoms with Gasteiger partial charge in [0, 0.05) is 45.0 Å². The predicted octanol–water partition coefficient (Wildman–Crippen LogP) is 3.56. The van der Waals surface area contributed by atoms with Crippen LogP contribution in [0.15, 0.2) is 53.5 Å². The van der Waals surface area contributed by atoms with Gasteiger partial charge in [-0.25, -0.2) is 0 Å². The Morgan fingerprint density at radius 1 is 1.10 bits per heavy atom. The van der Waals surface area contributed by atoms with Gasteiger partial charge < -0.3 is 25.0 Å². The smallest absolute Gasteiger partial charge is 0.190 e. The van der Waals surface area contributed by atoms with Crippen molar-refractivity contribution in [2.24, 2.45) is 10.9 Å². The van der Waals surface area contributed by atoms with E-state index in [1.807, 2.05) is 37.4 Å². The Hall–Kier alpha value is -2.16. The van der Waals surface area contributed by atoms with Gasteiger partial charge in [0.15, 0.2) is 5.96 Å². The Bertz CT molecular complexity index is 815. The van der Waals surface area contributed by atoms with Gasteiger partial charge in [0.2, 0.25) is 0 Å². The maximum Gasteiger partial charge on any atom is 0.190 e. The summed E-state index contributed by atoms with van der Waals surface area (Å²) in [4.78, 5) is 6.78. The van der Waals surface area contributed by atoms with Crippen LogP contribution in [0.1, 0.15) is 12.0 Å². The molecular weight excluding hydrogens is 491 g/mol. The molecule has 0 aliphatic carbocycles. The minimum absolute atomic E-state index is 0. The quantitative estimate of drug-likeness (QED) is 0.314. The van der Waals surface area contributed by atoms with Gasteiger partial charge >= 0.3 is 0 Å². The van der Waals surface area contributed by atoms with Crippen LogP contribution in [0.25, 0.3) is 0 Å². The molecule has 0 saturated carbocycles. The monoisotopic (exact) mass is 524 g/mol. The molecule has 6 nitrogen and oxygen atoms in total. The fourth-order valence-electron chi connectivity index (χ4n) is 3.73. The number of methoxy groups -OCH3 is 2. The van der Waals surface area contributed by atoms with E-state index in [0.29, 0.717) is 5.92 Å². The molecule has 0 bridgehead atoms. The van der Waals surface area contributed by atoms with Crippen LogP contribution in [-0.4, -0.2) is 53.4 Å². The molecule has 164 valence electrons. The minimum atomic E-state index is 0. The van der Waals surface area contributed by atoms with Gasteiger partial charge in [0.1, 0.15) is 11.5 Å². The molecule has 1 fully saturated rings. The van der Waals surface area contributed by atoms with Gasteiger partial charge in [-0.1, -0.05) is 24.3 Å². The number of hydrogen-bond donors (Lipinski definition) is 2. The van der Waals surface area contributed by atoms with Crippen molar-refractivity contribution in [3.63, 3.8) is 0 Å². The lowest BCUT2D eigenvalue weighted by molar-refractivity contribution is 0.409. The molecule has 0 spiro atoms. The van der Waals surface area contributed by atoms with E-state index in [2.05, 4.69) is 38.7 Å². The number of guanidine groups is 1. The van der Waals surface area contributed by atoms with Crippen LogP contribution in [0, 0.1) is 5.92 Å². The van der Waals surface area contributed by atoms with Crippen molar-refractivity contribution in [2.75, 3.05) is 52.3 Å². The zero-order valence-corrected chi connectivity index (χ0v) is 20.4. The van der Waals surface area contributed by atoms with Crippen LogP contribution in [-0.2, 0) is 6.42 Å². The predicted molar refractivity (Wildman–Crippen MR) is 135 cm³/mol. The number of aliphatic imine (C=N–C) groups is 1. The van der Waals surface area contributed by atoms with Crippen molar-refractivity contribution in [1.82, 2.24) is 10.6 Å². The summed E-state index contributed by atoms with van der Waals surface area (Å²) >= 11 is 0. The van der Waals surface area contributed by atoms with E-state index in [1.165, 1.54) is 17.7 Å². The Balaban J connectivity index is 0.00000320. The number of ether oxygens (including phenoxy) is 2. The lowest BCUT2D eigenvalue weighted by atomic mass is 10.1. The van der Waals surface area contributed by atoms with Crippen LogP contribution in [0.5, 0.6) is 11.5 Å². The summed E-state index contributed by atoms with van der Waals surface area (Å²) < 4.78 is 10.8. The maximum absolute atomic E-state index is 5.42. The van der Waals surface area contributed by atoms with Gasteiger partial charge in [-0.3, -0.25) is 4.99 Å². The molecule has 1 heterocycles. The second kappa shape index (κ2) is 12.5. The van der Waals surface area contributed by atoms with Crippen molar-refractivity contribution >= 4 is 35.6 Å².